The molecular weight excluding hydrogens is 298 g/mol. The Morgan fingerprint density at radius 2 is 2.15 bits per heavy atom. The number of piperidine rings is 1. The first-order valence-corrected chi connectivity index (χ1v) is 8.68. The lowest BCUT2D eigenvalue weighted by Crippen LogP contribution is -2.43. The first-order valence-electron chi connectivity index (χ1n) is 6.86. The average Bonchev–Trinajstić information content (AvgIpc) is 2.47. The summed E-state index contributed by atoms with van der Waals surface area (Å²) in [4.78, 5) is 0.160. The molecule has 1 heterocycles. The molecule has 6 heteroatoms. The number of nitrogens with zero attached hydrogens (tertiary/aromatic N) is 1. The lowest BCUT2D eigenvalue weighted by atomic mass is 10.0. The monoisotopic (exact) mass is 317 g/mol. The zero-order valence-corrected chi connectivity index (χ0v) is 13.4. The molecule has 112 valence electrons. The van der Waals surface area contributed by atoms with Gasteiger partial charge in [0.15, 0.2) is 0 Å². The molecule has 0 aromatic heterocycles. The lowest BCUT2D eigenvalue weighted by molar-refractivity contribution is 0.246. The van der Waals surface area contributed by atoms with Gasteiger partial charge in [-0.3, -0.25) is 0 Å². The van der Waals surface area contributed by atoms with E-state index in [4.69, 9.17) is 16.3 Å². The Balaban J connectivity index is 2.46. The van der Waals surface area contributed by atoms with E-state index < -0.39 is 10.0 Å². The van der Waals surface area contributed by atoms with Crippen LogP contribution < -0.4 is 4.74 Å². The molecule has 1 saturated heterocycles. The summed E-state index contributed by atoms with van der Waals surface area (Å²) in [5.74, 6) is 0.342. The van der Waals surface area contributed by atoms with Gasteiger partial charge in [0, 0.05) is 17.6 Å². The molecular formula is C14H20ClNO3S. The normalized spacial score (nSPS) is 20.9. The Kier molecular flexibility index (Phi) is 4.94. The summed E-state index contributed by atoms with van der Waals surface area (Å²) in [5.41, 5.74) is 0. The fourth-order valence-corrected chi connectivity index (χ4v) is 4.86. The van der Waals surface area contributed by atoms with Crippen molar-refractivity contribution >= 4 is 21.6 Å². The molecule has 0 spiro atoms. The highest BCUT2D eigenvalue weighted by atomic mass is 35.5. The van der Waals surface area contributed by atoms with Crippen molar-refractivity contribution in [2.75, 3.05) is 13.7 Å². The molecule has 0 aliphatic carbocycles. The molecule has 1 aromatic carbocycles. The molecule has 0 unspecified atom stereocenters. The van der Waals surface area contributed by atoms with Crippen LogP contribution in [0, 0.1) is 0 Å². The smallest absolute Gasteiger partial charge is 0.247 e. The van der Waals surface area contributed by atoms with Gasteiger partial charge >= 0.3 is 0 Å². The van der Waals surface area contributed by atoms with Crippen LogP contribution >= 0.6 is 11.6 Å². The standard InChI is InChI=1S/C14H20ClNO3S/c1-3-12-6-4-5-9-16(12)20(17,18)14-10-11(15)7-8-13(14)19-2/h7-8,10,12H,3-6,9H2,1-2H3/t12-/m1/s1. The molecule has 0 bridgehead atoms. The van der Waals surface area contributed by atoms with E-state index in [9.17, 15) is 8.42 Å². The summed E-state index contributed by atoms with van der Waals surface area (Å²) in [6, 6.07) is 4.77. The van der Waals surface area contributed by atoms with Crippen LogP contribution in [0.4, 0.5) is 0 Å². The van der Waals surface area contributed by atoms with E-state index in [0.29, 0.717) is 17.3 Å². The topological polar surface area (TPSA) is 46.6 Å². The quantitative estimate of drug-likeness (QED) is 0.856. The Bertz CT molecular complexity index is 574. The number of halogens is 1. The van der Waals surface area contributed by atoms with Crippen molar-refractivity contribution < 1.29 is 13.2 Å². The van der Waals surface area contributed by atoms with Gasteiger partial charge in [-0.05, 0) is 37.5 Å². The second-order valence-corrected chi connectivity index (χ2v) is 7.26. The van der Waals surface area contributed by atoms with Gasteiger partial charge in [-0.1, -0.05) is 24.9 Å². The van der Waals surface area contributed by atoms with Gasteiger partial charge in [-0.15, -0.1) is 0 Å². The van der Waals surface area contributed by atoms with E-state index in [1.54, 1.807) is 16.4 Å². The summed E-state index contributed by atoms with van der Waals surface area (Å²) in [6.45, 7) is 2.59. The fraction of sp³-hybridized carbons (Fsp3) is 0.571. The van der Waals surface area contributed by atoms with Crippen LogP contribution in [0.1, 0.15) is 32.6 Å². The van der Waals surface area contributed by atoms with Crippen molar-refractivity contribution in [3.8, 4) is 5.75 Å². The number of sulfonamides is 1. The van der Waals surface area contributed by atoms with Gasteiger partial charge in [-0.2, -0.15) is 4.31 Å². The maximum absolute atomic E-state index is 12.9. The van der Waals surface area contributed by atoms with E-state index in [1.807, 2.05) is 6.92 Å². The summed E-state index contributed by atoms with van der Waals surface area (Å²) >= 11 is 5.95. The van der Waals surface area contributed by atoms with Crippen molar-refractivity contribution in [1.82, 2.24) is 4.31 Å². The molecule has 2 rings (SSSR count). The summed E-state index contributed by atoms with van der Waals surface area (Å²) in [6.07, 6.45) is 3.72. The van der Waals surface area contributed by atoms with Crippen LogP contribution in [0.15, 0.2) is 23.1 Å². The Hall–Kier alpha value is -0.780. The van der Waals surface area contributed by atoms with Crippen molar-refractivity contribution in [2.24, 2.45) is 0 Å². The highest BCUT2D eigenvalue weighted by Gasteiger charge is 2.34. The number of rotatable bonds is 4. The second-order valence-electron chi connectivity index (χ2n) is 4.97. The first kappa shape index (κ1) is 15.6. The Morgan fingerprint density at radius 1 is 1.40 bits per heavy atom. The van der Waals surface area contributed by atoms with Crippen molar-refractivity contribution in [3.05, 3.63) is 23.2 Å². The minimum Gasteiger partial charge on any atom is -0.495 e. The SMILES string of the molecule is CC[C@@H]1CCCCN1S(=O)(=O)c1cc(Cl)ccc1OC. The highest BCUT2D eigenvalue weighted by molar-refractivity contribution is 7.89. The summed E-state index contributed by atoms with van der Waals surface area (Å²) < 4.78 is 32.5. The third-order valence-electron chi connectivity index (χ3n) is 3.76. The summed E-state index contributed by atoms with van der Waals surface area (Å²) in [5, 5.41) is 0.398. The van der Waals surface area contributed by atoms with E-state index >= 15 is 0 Å². The predicted molar refractivity (Wildman–Crippen MR) is 79.8 cm³/mol. The molecule has 1 aliphatic rings. The van der Waals surface area contributed by atoms with Crippen molar-refractivity contribution in [2.45, 2.75) is 43.5 Å². The van der Waals surface area contributed by atoms with E-state index in [0.717, 1.165) is 25.7 Å². The zero-order valence-electron chi connectivity index (χ0n) is 11.8. The molecule has 0 radical (unpaired) electrons. The molecule has 1 aromatic rings. The fourth-order valence-electron chi connectivity index (χ4n) is 2.68. The molecule has 1 aliphatic heterocycles. The van der Waals surface area contributed by atoms with Crippen LogP contribution in [0.2, 0.25) is 5.02 Å². The molecule has 1 atom stereocenters. The number of benzene rings is 1. The number of methoxy groups -OCH3 is 1. The second kappa shape index (κ2) is 6.33. The Labute approximate surface area is 125 Å². The summed E-state index contributed by atoms with van der Waals surface area (Å²) in [7, 11) is -2.10. The van der Waals surface area contributed by atoms with Gasteiger partial charge in [0.2, 0.25) is 10.0 Å². The number of hydrogen-bond donors (Lipinski definition) is 0. The van der Waals surface area contributed by atoms with E-state index in [-0.39, 0.29) is 10.9 Å². The van der Waals surface area contributed by atoms with Gasteiger partial charge in [0.1, 0.15) is 10.6 Å². The zero-order chi connectivity index (χ0) is 14.8. The average molecular weight is 318 g/mol. The third-order valence-corrected chi connectivity index (χ3v) is 5.96. The minimum atomic E-state index is -3.56. The lowest BCUT2D eigenvalue weighted by Gasteiger charge is -2.34. The maximum atomic E-state index is 12.9. The highest BCUT2D eigenvalue weighted by Crippen LogP contribution is 2.33. The molecule has 4 nitrogen and oxygen atoms in total. The van der Waals surface area contributed by atoms with E-state index in [2.05, 4.69) is 0 Å². The van der Waals surface area contributed by atoms with Gasteiger partial charge in [0.05, 0.1) is 7.11 Å². The van der Waals surface area contributed by atoms with Crippen LogP contribution in [-0.2, 0) is 10.0 Å². The minimum absolute atomic E-state index is 0.0671. The number of hydrogen-bond acceptors (Lipinski definition) is 3. The van der Waals surface area contributed by atoms with Crippen molar-refractivity contribution in [3.63, 3.8) is 0 Å². The number of ether oxygens (including phenoxy) is 1. The Morgan fingerprint density at radius 3 is 2.80 bits per heavy atom. The molecule has 0 amide bonds. The van der Waals surface area contributed by atoms with Crippen LogP contribution in [0.25, 0.3) is 0 Å². The molecule has 0 N–H and O–H groups in total. The van der Waals surface area contributed by atoms with Crippen LogP contribution in [0.3, 0.4) is 0 Å². The molecule has 20 heavy (non-hydrogen) atoms. The first-order chi connectivity index (χ1) is 9.50. The van der Waals surface area contributed by atoms with Crippen molar-refractivity contribution in [1.29, 1.82) is 0 Å². The maximum Gasteiger partial charge on any atom is 0.247 e. The van der Waals surface area contributed by atoms with E-state index in [1.165, 1.54) is 13.2 Å². The van der Waals surface area contributed by atoms with Gasteiger partial charge in [0.25, 0.3) is 0 Å². The van der Waals surface area contributed by atoms with Gasteiger partial charge < -0.3 is 4.74 Å². The third kappa shape index (κ3) is 2.95. The largest absolute Gasteiger partial charge is 0.495 e. The van der Waals surface area contributed by atoms with Gasteiger partial charge in [-0.25, -0.2) is 8.42 Å². The van der Waals surface area contributed by atoms with Crippen LogP contribution in [-0.4, -0.2) is 32.4 Å². The molecule has 1 fully saturated rings. The van der Waals surface area contributed by atoms with Crippen LogP contribution in [0.5, 0.6) is 5.75 Å². The predicted octanol–water partition coefficient (Wildman–Crippen LogP) is 3.30. The molecule has 0 saturated carbocycles.